The third-order valence-corrected chi connectivity index (χ3v) is 2.66. The monoisotopic (exact) mass is 288 g/mol. The van der Waals surface area contributed by atoms with Crippen molar-refractivity contribution in [2.24, 2.45) is 0 Å². The molecule has 0 bridgehead atoms. The molecule has 0 fully saturated rings. The van der Waals surface area contributed by atoms with Crippen molar-refractivity contribution in [3.05, 3.63) is 36.7 Å². The number of benzene rings is 1. The fourth-order valence-corrected chi connectivity index (χ4v) is 1.82. The molecule has 2 rings (SSSR count). The van der Waals surface area contributed by atoms with E-state index < -0.39 is 0 Å². The van der Waals surface area contributed by atoms with Crippen molar-refractivity contribution in [2.45, 2.75) is 13.5 Å². The molecule has 0 saturated heterocycles. The fourth-order valence-electron chi connectivity index (χ4n) is 1.82. The second-order valence-electron chi connectivity index (χ2n) is 4.35. The number of hydrogen-bond donors (Lipinski definition) is 2. The maximum absolute atomic E-state index is 12.0. The Labute approximate surface area is 121 Å². The molecule has 0 aliphatic heterocycles. The quantitative estimate of drug-likeness (QED) is 0.873. The molecule has 7 nitrogen and oxygen atoms in total. The van der Waals surface area contributed by atoms with E-state index in [-0.39, 0.29) is 18.4 Å². The van der Waals surface area contributed by atoms with Crippen LogP contribution in [-0.4, -0.2) is 28.7 Å². The Kier molecular flexibility index (Phi) is 4.55. The first-order chi connectivity index (χ1) is 10.1. The summed E-state index contributed by atoms with van der Waals surface area (Å²) in [4.78, 5) is 23.0. The summed E-state index contributed by atoms with van der Waals surface area (Å²) in [7, 11) is 1.51. The predicted molar refractivity (Wildman–Crippen MR) is 78.2 cm³/mol. The number of hydrogen-bond acceptors (Lipinski definition) is 4. The van der Waals surface area contributed by atoms with Crippen molar-refractivity contribution in [1.82, 2.24) is 9.78 Å². The molecule has 0 saturated carbocycles. The van der Waals surface area contributed by atoms with Gasteiger partial charge in [0.2, 0.25) is 11.8 Å². The Morgan fingerprint density at radius 2 is 2.14 bits per heavy atom. The molecular formula is C14H16N4O3. The van der Waals surface area contributed by atoms with Gasteiger partial charge in [0.05, 0.1) is 12.8 Å². The van der Waals surface area contributed by atoms with Crippen molar-refractivity contribution in [2.75, 3.05) is 17.7 Å². The fraction of sp³-hybridized carbons (Fsp3) is 0.214. The van der Waals surface area contributed by atoms with Crippen LogP contribution < -0.4 is 15.4 Å². The van der Waals surface area contributed by atoms with Crippen LogP contribution in [0.2, 0.25) is 0 Å². The van der Waals surface area contributed by atoms with Crippen LogP contribution in [0.25, 0.3) is 0 Å². The van der Waals surface area contributed by atoms with Crippen molar-refractivity contribution in [1.29, 1.82) is 0 Å². The van der Waals surface area contributed by atoms with E-state index in [1.54, 1.807) is 36.7 Å². The Morgan fingerprint density at radius 1 is 1.33 bits per heavy atom. The van der Waals surface area contributed by atoms with Crippen LogP contribution in [0.5, 0.6) is 5.75 Å². The number of anilines is 2. The molecule has 2 aromatic rings. The summed E-state index contributed by atoms with van der Waals surface area (Å²) < 4.78 is 6.70. The van der Waals surface area contributed by atoms with Gasteiger partial charge in [-0.3, -0.25) is 14.3 Å². The second kappa shape index (κ2) is 6.56. The van der Waals surface area contributed by atoms with Gasteiger partial charge < -0.3 is 15.4 Å². The Morgan fingerprint density at radius 3 is 2.76 bits per heavy atom. The highest BCUT2D eigenvalue weighted by atomic mass is 16.5. The Hall–Kier alpha value is -2.83. The van der Waals surface area contributed by atoms with E-state index in [4.69, 9.17) is 4.74 Å². The zero-order valence-corrected chi connectivity index (χ0v) is 11.8. The number of amides is 2. The lowest BCUT2D eigenvalue weighted by Gasteiger charge is -2.12. The summed E-state index contributed by atoms with van der Waals surface area (Å²) >= 11 is 0. The van der Waals surface area contributed by atoms with Crippen LogP contribution >= 0.6 is 0 Å². The molecule has 1 heterocycles. The highest BCUT2D eigenvalue weighted by Gasteiger charge is 2.10. The third kappa shape index (κ3) is 4.07. The van der Waals surface area contributed by atoms with Gasteiger partial charge in [-0.15, -0.1) is 0 Å². The molecule has 7 heteroatoms. The number of carbonyl (C=O) groups is 2. The van der Waals surface area contributed by atoms with Gasteiger partial charge >= 0.3 is 0 Å². The third-order valence-electron chi connectivity index (χ3n) is 2.66. The summed E-state index contributed by atoms with van der Waals surface area (Å²) in [6.07, 6.45) is 3.30. The van der Waals surface area contributed by atoms with Crippen LogP contribution in [-0.2, 0) is 16.1 Å². The molecule has 0 unspecified atom stereocenters. The summed E-state index contributed by atoms with van der Waals surface area (Å²) in [5.74, 6) is 0.0869. The van der Waals surface area contributed by atoms with Crippen LogP contribution in [0.4, 0.5) is 11.4 Å². The van der Waals surface area contributed by atoms with Gasteiger partial charge in [0.1, 0.15) is 12.3 Å². The lowest BCUT2D eigenvalue weighted by molar-refractivity contribution is -0.117. The molecule has 1 aromatic heterocycles. The summed E-state index contributed by atoms with van der Waals surface area (Å²) in [5.41, 5.74) is 1.07. The minimum atomic E-state index is -0.239. The van der Waals surface area contributed by atoms with Gasteiger partial charge in [-0.05, 0) is 24.3 Å². The minimum Gasteiger partial charge on any atom is -0.495 e. The van der Waals surface area contributed by atoms with Crippen LogP contribution in [0.3, 0.4) is 0 Å². The molecule has 21 heavy (non-hydrogen) atoms. The Balaban J connectivity index is 2.12. The van der Waals surface area contributed by atoms with E-state index >= 15 is 0 Å². The van der Waals surface area contributed by atoms with E-state index in [0.29, 0.717) is 17.1 Å². The first kappa shape index (κ1) is 14.6. The SMILES string of the molecule is COc1ccc(NC(C)=O)cc1NC(=O)Cn1cccn1. The van der Waals surface area contributed by atoms with Gasteiger partial charge in [0.25, 0.3) is 0 Å². The maximum atomic E-state index is 12.0. The molecule has 1 aromatic carbocycles. The zero-order valence-electron chi connectivity index (χ0n) is 11.8. The van der Waals surface area contributed by atoms with E-state index in [9.17, 15) is 9.59 Å². The predicted octanol–water partition coefficient (Wildman–Crippen LogP) is 1.49. The maximum Gasteiger partial charge on any atom is 0.246 e. The van der Waals surface area contributed by atoms with Crippen molar-refractivity contribution >= 4 is 23.2 Å². The minimum absolute atomic E-state index is 0.0977. The average Bonchev–Trinajstić information content (AvgIpc) is 2.91. The topological polar surface area (TPSA) is 85.3 Å². The highest BCUT2D eigenvalue weighted by Crippen LogP contribution is 2.27. The van der Waals surface area contributed by atoms with Gasteiger partial charge in [0.15, 0.2) is 0 Å². The van der Waals surface area contributed by atoms with Crippen molar-refractivity contribution < 1.29 is 14.3 Å². The largest absolute Gasteiger partial charge is 0.495 e. The van der Waals surface area contributed by atoms with Crippen LogP contribution in [0, 0.1) is 0 Å². The molecule has 0 radical (unpaired) electrons. The first-order valence-electron chi connectivity index (χ1n) is 6.31. The van der Waals surface area contributed by atoms with Crippen LogP contribution in [0.1, 0.15) is 6.92 Å². The highest BCUT2D eigenvalue weighted by molar-refractivity contribution is 5.94. The van der Waals surface area contributed by atoms with Crippen molar-refractivity contribution in [3.8, 4) is 5.75 Å². The second-order valence-corrected chi connectivity index (χ2v) is 4.35. The molecule has 0 spiro atoms. The van der Waals surface area contributed by atoms with E-state index in [2.05, 4.69) is 15.7 Å². The lowest BCUT2D eigenvalue weighted by Crippen LogP contribution is -2.19. The van der Waals surface area contributed by atoms with Gasteiger partial charge in [-0.2, -0.15) is 5.10 Å². The Bertz CT molecular complexity index is 638. The van der Waals surface area contributed by atoms with E-state index in [0.717, 1.165) is 0 Å². The standard InChI is InChI=1S/C14H16N4O3/c1-10(19)16-11-4-5-13(21-2)12(8-11)17-14(20)9-18-7-3-6-15-18/h3-8H,9H2,1-2H3,(H,16,19)(H,17,20). The molecule has 0 atom stereocenters. The number of carbonyl (C=O) groups excluding carboxylic acids is 2. The van der Waals surface area contributed by atoms with Crippen molar-refractivity contribution in [3.63, 3.8) is 0 Å². The molecule has 2 amide bonds. The van der Waals surface area contributed by atoms with Gasteiger partial charge in [-0.1, -0.05) is 0 Å². The van der Waals surface area contributed by atoms with E-state index in [1.165, 1.54) is 18.7 Å². The smallest absolute Gasteiger partial charge is 0.246 e. The number of methoxy groups -OCH3 is 1. The molecule has 110 valence electrons. The number of nitrogens with zero attached hydrogens (tertiary/aromatic N) is 2. The number of rotatable bonds is 5. The van der Waals surface area contributed by atoms with E-state index in [1.807, 2.05) is 0 Å². The zero-order chi connectivity index (χ0) is 15.2. The normalized spacial score (nSPS) is 10.0. The summed E-state index contributed by atoms with van der Waals surface area (Å²) in [6.45, 7) is 1.51. The number of aromatic nitrogens is 2. The first-order valence-corrected chi connectivity index (χ1v) is 6.31. The lowest BCUT2D eigenvalue weighted by atomic mass is 10.2. The number of ether oxygens (including phenoxy) is 1. The van der Waals surface area contributed by atoms with Gasteiger partial charge in [-0.25, -0.2) is 0 Å². The number of nitrogens with one attached hydrogen (secondary N) is 2. The van der Waals surface area contributed by atoms with Gasteiger partial charge in [0, 0.05) is 25.0 Å². The molecule has 0 aliphatic rings. The van der Waals surface area contributed by atoms with Crippen LogP contribution in [0.15, 0.2) is 36.7 Å². The average molecular weight is 288 g/mol. The molecule has 0 aliphatic carbocycles. The summed E-state index contributed by atoms with van der Waals surface area (Å²) in [6, 6.07) is 6.75. The summed E-state index contributed by atoms with van der Waals surface area (Å²) in [5, 5.41) is 9.35. The molecular weight excluding hydrogens is 272 g/mol. The molecule has 2 N–H and O–H groups in total.